The summed E-state index contributed by atoms with van der Waals surface area (Å²) in [6.45, 7) is 2.69. The second kappa shape index (κ2) is 7.78. The van der Waals surface area contributed by atoms with Crippen molar-refractivity contribution in [1.29, 1.82) is 0 Å². The summed E-state index contributed by atoms with van der Waals surface area (Å²) in [6.07, 6.45) is 2.71. The number of hydrogen-bond acceptors (Lipinski definition) is 4. The largest absolute Gasteiger partial charge is 0.460 e. The van der Waals surface area contributed by atoms with Gasteiger partial charge < -0.3 is 10.1 Å². The van der Waals surface area contributed by atoms with Gasteiger partial charge in [-0.15, -0.1) is 0 Å². The fourth-order valence-electron chi connectivity index (χ4n) is 2.32. The summed E-state index contributed by atoms with van der Waals surface area (Å²) in [4.78, 5) is 23.8. The van der Waals surface area contributed by atoms with Gasteiger partial charge in [-0.25, -0.2) is 0 Å². The molecule has 114 valence electrons. The SMILES string of the molecule is C[C@H](NC1CCCCNC1=O)C(=O)OCc1ccccc1. The van der Waals surface area contributed by atoms with E-state index in [4.69, 9.17) is 4.74 Å². The van der Waals surface area contributed by atoms with Crippen LogP contribution in [-0.2, 0) is 20.9 Å². The Hall–Kier alpha value is -1.88. The molecule has 0 saturated carbocycles. The van der Waals surface area contributed by atoms with E-state index in [2.05, 4.69) is 10.6 Å². The number of ether oxygens (including phenoxy) is 1. The summed E-state index contributed by atoms with van der Waals surface area (Å²) < 4.78 is 5.26. The molecule has 21 heavy (non-hydrogen) atoms. The Kier molecular flexibility index (Phi) is 5.75. The molecular formula is C16H22N2O3. The van der Waals surface area contributed by atoms with Gasteiger partial charge in [-0.05, 0) is 31.7 Å². The van der Waals surface area contributed by atoms with E-state index in [0.29, 0.717) is 6.54 Å². The van der Waals surface area contributed by atoms with Gasteiger partial charge in [0, 0.05) is 6.54 Å². The summed E-state index contributed by atoms with van der Waals surface area (Å²) in [6, 6.07) is 8.73. The fraction of sp³-hybridized carbons (Fsp3) is 0.500. The van der Waals surface area contributed by atoms with Crippen molar-refractivity contribution in [1.82, 2.24) is 10.6 Å². The molecule has 1 aliphatic heterocycles. The maximum Gasteiger partial charge on any atom is 0.323 e. The number of amides is 1. The van der Waals surface area contributed by atoms with Crippen molar-refractivity contribution in [3.8, 4) is 0 Å². The topological polar surface area (TPSA) is 67.4 Å². The van der Waals surface area contributed by atoms with Gasteiger partial charge >= 0.3 is 5.97 Å². The highest BCUT2D eigenvalue weighted by molar-refractivity contribution is 5.83. The first-order valence-corrected chi connectivity index (χ1v) is 7.41. The maximum atomic E-state index is 12.0. The molecule has 0 aliphatic carbocycles. The molecule has 1 amide bonds. The van der Waals surface area contributed by atoms with Crippen molar-refractivity contribution in [3.05, 3.63) is 35.9 Å². The van der Waals surface area contributed by atoms with Crippen LogP contribution in [0.2, 0.25) is 0 Å². The summed E-state index contributed by atoms with van der Waals surface area (Å²) in [5.41, 5.74) is 0.949. The molecule has 1 aromatic rings. The van der Waals surface area contributed by atoms with Crippen molar-refractivity contribution < 1.29 is 14.3 Å². The second-order valence-corrected chi connectivity index (χ2v) is 5.32. The Bertz CT molecular complexity index is 476. The quantitative estimate of drug-likeness (QED) is 0.804. The molecule has 0 bridgehead atoms. The third kappa shape index (κ3) is 4.86. The van der Waals surface area contributed by atoms with Gasteiger partial charge in [0.25, 0.3) is 0 Å². The minimum absolute atomic E-state index is 0.0322. The predicted molar refractivity (Wildman–Crippen MR) is 79.5 cm³/mol. The molecule has 2 rings (SSSR count). The number of rotatable bonds is 5. The number of benzene rings is 1. The molecule has 2 atom stereocenters. The van der Waals surface area contributed by atoms with Crippen LogP contribution in [0.4, 0.5) is 0 Å². The molecule has 1 fully saturated rings. The minimum Gasteiger partial charge on any atom is -0.460 e. The van der Waals surface area contributed by atoms with E-state index in [0.717, 1.165) is 24.8 Å². The van der Waals surface area contributed by atoms with Crippen LogP contribution in [0.25, 0.3) is 0 Å². The highest BCUT2D eigenvalue weighted by atomic mass is 16.5. The van der Waals surface area contributed by atoms with E-state index < -0.39 is 6.04 Å². The fourth-order valence-corrected chi connectivity index (χ4v) is 2.32. The van der Waals surface area contributed by atoms with E-state index in [1.807, 2.05) is 30.3 Å². The normalized spacial score (nSPS) is 20.2. The van der Waals surface area contributed by atoms with Crippen molar-refractivity contribution in [2.24, 2.45) is 0 Å². The molecule has 0 radical (unpaired) electrons. The number of carbonyl (C=O) groups is 2. The lowest BCUT2D eigenvalue weighted by Crippen LogP contribution is -2.49. The highest BCUT2D eigenvalue weighted by Gasteiger charge is 2.25. The van der Waals surface area contributed by atoms with Gasteiger partial charge in [-0.1, -0.05) is 30.3 Å². The number of carbonyl (C=O) groups excluding carboxylic acids is 2. The van der Waals surface area contributed by atoms with Gasteiger partial charge in [0.2, 0.25) is 5.91 Å². The zero-order valence-electron chi connectivity index (χ0n) is 12.3. The van der Waals surface area contributed by atoms with Crippen LogP contribution in [-0.4, -0.2) is 30.5 Å². The molecule has 0 spiro atoms. The van der Waals surface area contributed by atoms with E-state index in [9.17, 15) is 9.59 Å². The zero-order valence-corrected chi connectivity index (χ0v) is 12.3. The highest BCUT2D eigenvalue weighted by Crippen LogP contribution is 2.07. The van der Waals surface area contributed by atoms with Crippen LogP contribution in [0.15, 0.2) is 30.3 Å². The van der Waals surface area contributed by atoms with E-state index in [-0.39, 0.29) is 24.5 Å². The van der Waals surface area contributed by atoms with Gasteiger partial charge in [0.05, 0.1) is 6.04 Å². The molecule has 1 aromatic carbocycles. The predicted octanol–water partition coefficient (Wildman–Crippen LogP) is 1.38. The van der Waals surface area contributed by atoms with Gasteiger partial charge in [0.1, 0.15) is 12.6 Å². The van der Waals surface area contributed by atoms with Gasteiger partial charge in [-0.2, -0.15) is 0 Å². The van der Waals surface area contributed by atoms with Crippen molar-refractivity contribution in [3.63, 3.8) is 0 Å². The standard InChI is InChI=1S/C16H22N2O3/c1-12(18-14-9-5-6-10-17-15(14)19)16(20)21-11-13-7-3-2-4-8-13/h2-4,7-8,12,14,18H,5-6,9-11H2,1H3,(H,17,19)/t12-,14?/m0/s1. The molecule has 0 aromatic heterocycles. The molecule has 5 heteroatoms. The first kappa shape index (κ1) is 15.5. The van der Waals surface area contributed by atoms with Crippen LogP contribution in [0.1, 0.15) is 31.7 Å². The van der Waals surface area contributed by atoms with Crippen molar-refractivity contribution >= 4 is 11.9 Å². The Morgan fingerprint density at radius 2 is 2.14 bits per heavy atom. The van der Waals surface area contributed by atoms with Crippen LogP contribution in [0.3, 0.4) is 0 Å². The molecule has 1 heterocycles. The van der Waals surface area contributed by atoms with Crippen LogP contribution in [0, 0.1) is 0 Å². The Labute approximate surface area is 125 Å². The Morgan fingerprint density at radius 1 is 1.38 bits per heavy atom. The number of hydrogen-bond donors (Lipinski definition) is 2. The van der Waals surface area contributed by atoms with E-state index >= 15 is 0 Å². The Balaban J connectivity index is 1.80. The summed E-state index contributed by atoms with van der Waals surface area (Å²) in [7, 11) is 0. The number of nitrogens with one attached hydrogen (secondary N) is 2. The van der Waals surface area contributed by atoms with Gasteiger partial charge in [0.15, 0.2) is 0 Å². The lowest BCUT2D eigenvalue weighted by Gasteiger charge is -2.19. The minimum atomic E-state index is -0.498. The Morgan fingerprint density at radius 3 is 2.90 bits per heavy atom. The number of esters is 1. The molecular weight excluding hydrogens is 268 g/mol. The second-order valence-electron chi connectivity index (χ2n) is 5.32. The molecule has 5 nitrogen and oxygen atoms in total. The molecule has 1 unspecified atom stereocenters. The van der Waals surface area contributed by atoms with Crippen LogP contribution in [0.5, 0.6) is 0 Å². The maximum absolute atomic E-state index is 12.0. The molecule has 1 saturated heterocycles. The molecule has 2 N–H and O–H groups in total. The molecule has 1 aliphatic rings. The van der Waals surface area contributed by atoms with Crippen LogP contribution >= 0.6 is 0 Å². The smallest absolute Gasteiger partial charge is 0.323 e. The first-order chi connectivity index (χ1) is 10.2. The monoisotopic (exact) mass is 290 g/mol. The summed E-state index contributed by atoms with van der Waals surface area (Å²) in [5.74, 6) is -0.369. The van der Waals surface area contributed by atoms with Crippen molar-refractivity contribution in [2.45, 2.75) is 44.9 Å². The van der Waals surface area contributed by atoms with Crippen LogP contribution < -0.4 is 10.6 Å². The van der Waals surface area contributed by atoms with Crippen molar-refractivity contribution in [2.75, 3.05) is 6.54 Å². The summed E-state index contributed by atoms with van der Waals surface area (Å²) in [5, 5.41) is 5.90. The van der Waals surface area contributed by atoms with E-state index in [1.165, 1.54) is 0 Å². The first-order valence-electron chi connectivity index (χ1n) is 7.41. The third-order valence-corrected chi connectivity index (χ3v) is 3.56. The summed E-state index contributed by atoms with van der Waals surface area (Å²) >= 11 is 0. The van der Waals surface area contributed by atoms with E-state index in [1.54, 1.807) is 6.92 Å². The average molecular weight is 290 g/mol. The third-order valence-electron chi connectivity index (χ3n) is 3.56. The lowest BCUT2D eigenvalue weighted by atomic mass is 10.1. The zero-order chi connectivity index (χ0) is 15.1. The average Bonchev–Trinajstić information content (AvgIpc) is 2.71. The van der Waals surface area contributed by atoms with Gasteiger partial charge in [-0.3, -0.25) is 14.9 Å². The lowest BCUT2D eigenvalue weighted by molar-refractivity contribution is -0.147.